The van der Waals surface area contributed by atoms with Gasteiger partial charge < -0.3 is 25.3 Å². The fourth-order valence-electron chi connectivity index (χ4n) is 3.20. The summed E-state index contributed by atoms with van der Waals surface area (Å²) >= 11 is 0. The first-order valence-corrected chi connectivity index (χ1v) is 9.49. The van der Waals surface area contributed by atoms with E-state index in [-0.39, 0.29) is 24.2 Å². The van der Waals surface area contributed by atoms with Crippen LogP contribution < -0.4 is 15.8 Å². The van der Waals surface area contributed by atoms with Crippen LogP contribution in [0.1, 0.15) is 52.0 Å². The molecule has 1 aliphatic carbocycles. The van der Waals surface area contributed by atoms with Gasteiger partial charge in [-0.25, -0.2) is 0 Å². The second-order valence-electron chi connectivity index (χ2n) is 6.94. The molecule has 0 spiro atoms. The number of amides is 1. The van der Waals surface area contributed by atoms with Crippen molar-refractivity contribution < 1.29 is 19.0 Å². The number of hydrogen-bond acceptors (Lipinski definition) is 5. The average molecular weight is 364 g/mol. The fourth-order valence-corrected chi connectivity index (χ4v) is 3.20. The first-order valence-electron chi connectivity index (χ1n) is 9.49. The molecule has 1 fully saturated rings. The quantitative estimate of drug-likeness (QED) is 0.658. The Bertz CT molecular complexity index is 571. The third kappa shape index (κ3) is 6.84. The molecule has 1 amide bonds. The summed E-state index contributed by atoms with van der Waals surface area (Å²) in [7, 11) is 0. The maximum Gasteiger partial charge on any atom is 0.217 e. The van der Waals surface area contributed by atoms with E-state index in [0.717, 1.165) is 37.0 Å². The van der Waals surface area contributed by atoms with Crippen molar-refractivity contribution in [3.05, 3.63) is 23.8 Å². The van der Waals surface area contributed by atoms with Gasteiger partial charge >= 0.3 is 0 Å². The summed E-state index contributed by atoms with van der Waals surface area (Å²) in [4.78, 5) is 11.0. The van der Waals surface area contributed by atoms with Crippen LogP contribution in [0.3, 0.4) is 0 Å². The van der Waals surface area contributed by atoms with E-state index in [0.29, 0.717) is 25.5 Å². The average Bonchev–Trinajstić information content (AvgIpc) is 2.60. The van der Waals surface area contributed by atoms with Gasteiger partial charge in [0.2, 0.25) is 5.91 Å². The van der Waals surface area contributed by atoms with E-state index in [1.807, 2.05) is 32.0 Å². The third-order valence-corrected chi connectivity index (χ3v) is 4.56. The molecule has 0 aromatic heterocycles. The van der Waals surface area contributed by atoms with Crippen LogP contribution in [0.5, 0.6) is 5.75 Å². The standard InChI is InChI=1S/C20H32N2O4/c1-4-24-19-6-5-16(20(21)11-19)13-26-18-9-7-17(8-10-18)25-12-14(2)22-15(3)23/h5-6,11,14,17-18H,4,7-10,12-13,21H2,1-3H3,(H,22,23)/t14-,17-,18-/m0/s1. The molecule has 1 atom stereocenters. The molecule has 3 N–H and O–H groups in total. The van der Waals surface area contributed by atoms with Gasteiger partial charge in [-0.3, -0.25) is 4.79 Å². The zero-order valence-electron chi connectivity index (χ0n) is 16.1. The van der Waals surface area contributed by atoms with E-state index in [9.17, 15) is 4.79 Å². The van der Waals surface area contributed by atoms with Gasteiger partial charge in [-0.15, -0.1) is 0 Å². The van der Waals surface area contributed by atoms with Crippen LogP contribution in [0.15, 0.2) is 18.2 Å². The topological polar surface area (TPSA) is 82.8 Å². The molecule has 1 aromatic rings. The molecule has 2 rings (SSSR count). The minimum absolute atomic E-state index is 0.0215. The van der Waals surface area contributed by atoms with E-state index >= 15 is 0 Å². The summed E-state index contributed by atoms with van der Waals surface area (Å²) in [5, 5.41) is 2.84. The highest BCUT2D eigenvalue weighted by Gasteiger charge is 2.23. The minimum atomic E-state index is -0.0215. The summed E-state index contributed by atoms with van der Waals surface area (Å²) < 4.78 is 17.4. The second kappa shape index (κ2) is 10.4. The summed E-state index contributed by atoms with van der Waals surface area (Å²) in [6, 6.07) is 5.80. The Morgan fingerprint density at radius 2 is 1.88 bits per heavy atom. The molecule has 0 unspecified atom stereocenters. The zero-order valence-corrected chi connectivity index (χ0v) is 16.1. The highest BCUT2D eigenvalue weighted by atomic mass is 16.5. The van der Waals surface area contributed by atoms with Crippen LogP contribution >= 0.6 is 0 Å². The number of nitrogens with two attached hydrogens (primary N) is 1. The molecule has 1 aromatic carbocycles. The van der Waals surface area contributed by atoms with Gasteiger partial charge in [0.05, 0.1) is 32.0 Å². The van der Waals surface area contributed by atoms with Crippen molar-refractivity contribution in [1.29, 1.82) is 0 Å². The lowest BCUT2D eigenvalue weighted by Crippen LogP contribution is -2.36. The summed E-state index contributed by atoms with van der Waals surface area (Å²) in [5.41, 5.74) is 7.79. The molecule has 26 heavy (non-hydrogen) atoms. The molecular formula is C20H32N2O4. The summed E-state index contributed by atoms with van der Waals surface area (Å²) in [5.74, 6) is 0.770. The van der Waals surface area contributed by atoms with Gasteiger partial charge in [-0.1, -0.05) is 6.07 Å². The first-order chi connectivity index (χ1) is 12.5. The van der Waals surface area contributed by atoms with Crippen LogP contribution in [0.2, 0.25) is 0 Å². The number of carbonyl (C=O) groups is 1. The van der Waals surface area contributed by atoms with Gasteiger partial charge in [0.15, 0.2) is 0 Å². The smallest absolute Gasteiger partial charge is 0.217 e. The van der Waals surface area contributed by atoms with Crippen LogP contribution in [0, 0.1) is 0 Å². The lowest BCUT2D eigenvalue weighted by atomic mass is 9.95. The predicted molar refractivity (Wildman–Crippen MR) is 102 cm³/mol. The molecule has 0 heterocycles. The normalized spacial score (nSPS) is 21.2. The van der Waals surface area contributed by atoms with Gasteiger partial charge in [-0.2, -0.15) is 0 Å². The van der Waals surface area contributed by atoms with Gasteiger partial charge in [0.25, 0.3) is 0 Å². The first kappa shape index (κ1) is 20.5. The Kier molecular flexibility index (Phi) is 8.19. The number of anilines is 1. The molecule has 0 saturated heterocycles. The highest BCUT2D eigenvalue weighted by molar-refractivity contribution is 5.73. The molecular weight excluding hydrogens is 332 g/mol. The van der Waals surface area contributed by atoms with E-state index in [1.165, 1.54) is 6.92 Å². The van der Waals surface area contributed by atoms with Crippen molar-refractivity contribution in [3.8, 4) is 5.75 Å². The number of rotatable bonds is 9. The number of carbonyl (C=O) groups excluding carboxylic acids is 1. The maximum absolute atomic E-state index is 11.0. The second-order valence-corrected chi connectivity index (χ2v) is 6.94. The Morgan fingerprint density at radius 3 is 2.46 bits per heavy atom. The number of hydrogen-bond donors (Lipinski definition) is 2. The number of nitrogens with one attached hydrogen (secondary N) is 1. The van der Waals surface area contributed by atoms with E-state index in [4.69, 9.17) is 19.9 Å². The van der Waals surface area contributed by atoms with Crippen LogP contribution in [0.4, 0.5) is 5.69 Å². The zero-order chi connectivity index (χ0) is 18.9. The Labute approximate surface area is 156 Å². The monoisotopic (exact) mass is 364 g/mol. The SMILES string of the molecule is CCOc1ccc(CO[C@H]2CC[C@H](OC[C@H](C)NC(C)=O)CC2)c(N)c1. The molecule has 1 saturated carbocycles. The van der Waals surface area contributed by atoms with Crippen molar-refractivity contribution in [3.63, 3.8) is 0 Å². The summed E-state index contributed by atoms with van der Waals surface area (Å²) in [6.07, 6.45) is 4.42. The van der Waals surface area contributed by atoms with Crippen LogP contribution in [0.25, 0.3) is 0 Å². The number of nitrogen functional groups attached to an aromatic ring is 1. The van der Waals surface area contributed by atoms with Crippen molar-refractivity contribution in [1.82, 2.24) is 5.32 Å². The van der Waals surface area contributed by atoms with E-state index in [2.05, 4.69) is 5.32 Å². The molecule has 0 radical (unpaired) electrons. The Balaban J connectivity index is 1.68. The molecule has 0 aliphatic heterocycles. The lowest BCUT2D eigenvalue weighted by Gasteiger charge is -2.29. The third-order valence-electron chi connectivity index (χ3n) is 4.56. The van der Waals surface area contributed by atoms with E-state index < -0.39 is 0 Å². The summed E-state index contributed by atoms with van der Waals surface area (Å²) in [6.45, 7) is 7.14. The molecule has 0 bridgehead atoms. The van der Waals surface area contributed by atoms with Crippen molar-refractivity contribution in [2.24, 2.45) is 0 Å². The predicted octanol–water partition coefficient (Wildman–Crippen LogP) is 3.04. The van der Waals surface area contributed by atoms with Crippen molar-refractivity contribution in [2.45, 2.75) is 71.3 Å². The molecule has 146 valence electrons. The lowest BCUT2D eigenvalue weighted by molar-refractivity contribution is -0.120. The van der Waals surface area contributed by atoms with Gasteiger partial charge in [0, 0.05) is 30.3 Å². The number of benzene rings is 1. The molecule has 6 nitrogen and oxygen atoms in total. The van der Waals surface area contributed by atoms with Crippen LogP contribution in [-0.2, 0) is 20.9 Å². The Morgan fingerprint density at radius 1 is 1.23 bits per heavy atom. The fraction of sp³-hybridized carbons (Fsp3) is 0.650. The molecule has 1 aliphatic rings. The maximum atomic E-state index is 11.0. The Hall–Kier alpha value is -1.79. The largest absolute Gasteiger partial charge is 0.494 e. The number of ether oxygens (including phenoxy) is 3. The van der Waals surface area contributed by atoms with E-state index in [1.54, 1.807) is 0 Å². The van der Waals surface area contributed by atoms with Crippen molar-refractivity contribution >= 4 is 11.6 Å². The van der Waals surface area contributed by atoms with Gasteiger partial charge in [0.1, 0.15) is 5.75 Å². The molecule has 6 heteroatoms. The van der Waals surface area contributed by atoms with Crippen molar-refractivity contribution in [2.75, 3.05) is 18.9 Å². The van der Waals surface area contributed by atoms with Gasteiger partial charge in [-0.05, 0) is 45.6 Å². The van der Waals surface area contributed by atoms with Crippen LogP contribution in [-0.4, -0.2) is 37.4 Å². The highest BCUT2D eigenvalue weighted by Crippen LogP contribution is 2.26. The minimum Gasteiger partial charge on any atom is -0.494 e.